The van der Waals surface area contributed by atoms with Crippen LogP contribution < -0.4 is 21.3 Å². The van der Waals surface area contributed by atoms with E-state index in [1.165, 1.54) is 0 Å². The van der Waals surface area contributed by atoms with E-state index in [4.69, 9.17) is 4.74 Å². The maximum atomic E-state index is 13.8. The zero-order valence-corrected chi connectivity index (χ0v) is 27.4. The van der Waals surface area contributed by atoms with Gasteiger partial charge >= 0.3 is 6.09 Å². The molecule has 1 fully saturated rings. The highest BCUT2D eigenvalue weighted by Crippen LogP contribution is 2.29. The number of rotatable bonds is 18. The first-order valence-electron chi connectivity index (χ1n) is 15.9. The molecule has 11 heteroatoms. The molecular formula is C35H48N4O7. The Balaban J connectivity index is 1.80. The predicted molar refractivity (Wildman–Crippen MR) is 174 cm³/mol. The first kappa shape index (κ1) is 36.2. The lowest BCUT2D eigenvalue weighted by Crippen LogP contribution is -2.59. The molecular weight excluding hydrogens is 588 g/mol. The third-order valence-electron chi connectivity index (χ3n) is 7.87. The van der Waals surface area contributed by atoms with E-state index < -0.39 is 53.6 Å². The molecule has 5 atom stereocenters. The van der Waals surface area contributed by atoms with Gasteiger partial charge in [0.25, 0.3) is 0 Å². The highest BCUT2D eigenvalue weighted by Gasteiger charge is 2.50. The van der Waals surface area contributed by atoms with Gasteiger partial charge in [0.15, 0.2) is 5.78 Å². The van der Waals surface area contributed by atoms with E-state index in [-0.39, 0.29) is 36.9 Å². The number of aryl methyl sites for hydroxylation is 1. The topological polar surface area (TPSA) is 166 Å². The van der Waals surface area contributed by atoms with Crippen LogP contribution >= 0.6 is 0 Å². The summed E-state index contributed by atoms with van der Waals surface area (Å²) in [7, 11) is 0. The molecule has 0 saturated carbocycles. The average molecular weight is 637 g/mol. The summed E-state index contributed by atoms with van der Waals surface area (Å²) < 4.78 is 5.36. The maximum absolute atomic E-state index is 13.8. The minimum Gasteiger partial charge on any atom is -0.465 e. The fraction of sp³-hybridized carbons (Fsp3) is 0.514. The highest BCUT2D eigenvalue weighted by molar-refractivity contribution is 5.98. The number of benzene rings is 2. The Bertz CT molecular complexity index is 1330. The lowest BCUT2D eigenvalue weighted by atomic mass is 9.93. The van der Waals surface area contributed by atoms with Crippen molar-refractivity contribution < 1.29 is 33.8 Å². The van der Waals surface area contributed by atoms with Crippen LogP contribution in [0.25, 0.3) is 0 Å². The zero-order valence-electron chi connectivity index (χ0n) is 27.4. The highest BCUT2D eigenvalue weighted by atomic mass is 16.6. The van der Waals surface area contributed by atoms with Crippen LogP contribution in [0.3, 0.4) is 0 Å². The Labute approximate surface area is 271 Å². The molecule has 0 aliphatic carbocycles. The van der Waals surface area contributed by atoms with E-state index in [0.717, 1.165) is 11.1 Å². The average Bonchev–Trinajstić information content (AvgIpc) is 3.76. The minimum absolute atomic E-state index is 0.0139. The monoisotopic (exact) mass is 636 g/mol. The van der Waals surface area contributed by atoms with Crippen molar-refractivity contribution in [2.45, 2.75) is 96.5 Å². The summed E-state index contributed by atoms with van der Waals surface area (Å²) in [5.41, 5.74) is 0.803. The first-order chi connectivity index (χ1) is 21.8. The summed E-state index contributed by atoms with van der Waals surface area (Å²) >= 11 is 0. The SMILES string of the molecule is CC(C)C[C@H](NC(=O)[C@H](CCc1ccccc1)NC(=O)O)C(=O)N[C@@H](Cc1ccccc1)C(=O)N[C@@H](CC(C)C)C(=O)[C@@]1(C)CO1. The molecule has 3 rings (SSSR count). The van der Waals surface area contributed by atoms with Crippen LogP contribution in [-0.4, -0.2) is 71.1 Å². The van der Waals surface area contributed by atoms with Crippen LogP contribution in [0.5, 0.6) is 0 Å². The van der Waals surface area contributed by atoms with Crippen molar-refractivity contribution >= 4 is 29.6 Å². The molecule has 1 heterocycles. The number of carbonyl (C=O) groups excluding carboxylic acids is 4. The number of ketones is 1. The smallest absolute Gasteiger partial charge is 0.405 e. The third-order valence-corrected chi connectivity index (χ3v) is 7.87. The lowest BCUT2D eigenvalue weighted by Gasteiger charge is -2.28. The van der Waals surface area contributed by atoms with Crippen molar-refractivity contribution in [2.75, 3.05) is 6.61 Å². The molecule has 5 N–H and O–H groups in total. The largest absolute Gasteiger partial charge is 0.465 e. The number of nitrogens with one attached hydrogen (secondary N) is 4. The van der Waals surface area contributed by atoms with Gasteiger partial charge in [-0.15, -0.1) is 0 Å². The van der Waals surface area contributed by atoms with Crippen molar-refractivity contribution in [2.24, 2.45) is 11.8 Å². The molecule has 0 aromatic heterocycles. The molecule has 1 aliphatic heterocycles. The van der Waals surface area contributed by atoms with Crippen LogP contribution in [0.15, 0.2) is 60.7 Å². The van der Waals surface area contributed by atoms with Crippen molar-refractivity contribution in [3.63, 3.8) is 0 Å². The van der Waals surface area contributed by atoms with Gasteiger partial charge in [-0.3, -0.25) is 19.2 Å². The number of hydrogen-bond donors (Lipinski definition) is 5. The van der Waals surface area contributed by atoms with Gasteiger partial charge in [0.1, 0.15) is 23.7 Å². The summed E-state index contributed by atoms with van der Waals surface area (Å²) in [4.78, 5) is 65.7. The summed E-state index contributed by atoms with van der Waals surface area (Å²) in [6.45, 7) is 9.69. The molecule has 0 bridgehead atoms. The van der Waals surface area contributed by atoms with Crippen LogP contribution in [0.2, 0.25) is 0 Å². The Hall–Kier alpha value is -4.25. The van der Waals surface area contributed by atoms with E-state index in [9.17, 15) is 29.1 Å². The van der Waals surface area contributed by atoms with Gasteiger partial charge < -0.3 is 31.1 Å². The van der Waals surface area contributed by atoms with Crippen LogP contribution in [0, 0.1) is 11.8 Å². The standard InChI is InChI=1S/C35H48N4O7/c1-22(2)18-27(30(40)35(5)21-46-35)36-33(43)29(20-25-14-10-7-11-15-25)38-32(42)28(19-23(3)4)37-31(41)26(39-34(44)45)17-16-24-12-8-6-9-13-24/h6-15,22-23,26-29,39H,16-21H2,1-5H3,(H,36,43)(H,37,41)(H,38,42)(H,44,45)/t26-,27-,28-,29-,35+/m0/s1. The normalized spacial score (nSPS) is 18.2. The van der Waals surface area contributed by atoms with E-state index >= 15 is 0 Å². The van der Waals surface area contributed by atoms with Gasteiger partial charge in [-0.1, -0.05) is 88.4 Å². The fourth-order valence-electron chi connectivity index (χ4n) is 5.27. The van der Waals surface area contributed by atoms with Gasteiger partial charge in [-0.05, 0) is 55.6 Å². The summed E-state index contributed by atoms with van der Waals surface area (Å²) in [5.74, 6) is -1.86. The summed E-state index contributed by atoms with van der Waals surface area (Å²) in [5, 5.41) is 20.1. The molecule has 0 radical (unpaired) electrons. The molecule has 4 amide bonds. The van der Waals surface area contributed by atoms with Crippen molar-refractivity contribution in [3.05, 3.63) is 71.8 Å². The number of carbonyl (C=O) groups is 5. The molecule has 2 aromatic rings. The molecule has 2 aromatic carbocycles. The van der Waals surface area contributed by atoms with Crippen molar-refractivity contribution in [1.29, 1.82) is 0 Å². The minimum atomic E-state index is -1.35. The zero-order chi connectivity index (χ0) is 33.9. The van der Waals surface area contributed by atoms with Gasteiger partial charge in [-0.25, -0.2) is 4.79 Å². The van der Waals surface area contributed by atoms with Gasteiger partial charge in [0.2, 0.25) is 17.7 Å². The number of hydrogen-bond acceptors (Lipinski definition) is 6. The number of carboxylic acid groups (broad SMARTS) is 1. The van der Waals surface area contributed by atoms with E-state index in [0.29, 0.717) is 19.4 Å². The number of ether oxygens (including phenoxy) is 1. The van der Waals surface area contributed by atoms with Crippen molar-refractivity contribution in [3.8, 4) is 0 Å². The fourth-order valence-corrected chi connectivity index (χ4v) is 5.27. The van der Waals surface area contributed by atoms with Crippen LogP contribution in [0.4, 0.5) is 4.79 Å². The van der Waals surface area contributed by atoms with Crippen LogP contribution in [-0.2, 0) is 36.8 Å². The molecule has 1 aliphatic rings. The lowest BCUT2D eigenvalue weighted by molar-refractivity contribution is -0.134. The third kappa shape index (κ3) is 11.6. The number of epoxide rings is 1. The second-order valence-corrected chi connectivity index (χ2v) is 13.0. The van der Waals surface area contributed by atoms with Crippen LogP contribution in [0.1, 0.15) is 65.0 Å². The molecule has 11 nitrogen and oxygen atoms in total. The molecule has 0 spiro atoms. The molecule has 1 saturated heterocycles. The predicted octanol–water partition coefficient (Wildman–Crippen LogP) is 3.40. The number of Topliss-reactive ketones (excluding diaryl/α,β-unsaturated/α-hetero) is 1. The quantitative estimate of drug-likeness (QED) is 0.156. The second kappa shape index (κ2) is 16.9. The Morgan fingerprint density at radius 2 is 1.15 bits per heavy atom. The molecule has 46 heavy (non-hydrogen) atoms. The maximum Gasteiger partial charge on any atom is 0.405 e. The Kier molecular flexibility index (Phi) is 13.3. The first-order valence-corrected chi connectivity index (χ1v) is 15.9. The van der Waals surface area contributed by atoms with Gasteiger partial charge in [-0.2, -0.15) is 0 Å². The van der Waals surface area contributed by atoms with E-state index in [1.54, 1.807) is 6.92 Å². The Morgan fingerprint density at radius 1 is 0.696 bits per heavy atom. The second-order valence-electron chi connectivity index (χ2n) is 13.0. The number of amides is 4. The Morgan fingerprint density at radius 3 is 1.67 bits per heavy atom. The van der Waals surface area contributed by atoms with Gasteiger partial charge in [0.05, 0.1) is 12.6 Å². The van der Waals surface area contributed by atoms with Gasteiger partial charge in [0, 0.05) is 6.42 Å². The summed E-state index contributed by atoms with van der Waals surface area (Å²) in [6, 6.07) is 14.6. The molecule has 0 unspecified atom stereocenters. The van der Waals surface area contributed by atoms with Crippen molar-refractivity contribution in [1.82, 2.24) is 21.3 Å². The summed E-state index contributed by atoms with van der Waals surface area (Å²) in [6.07, 6.45) is 0.0822. The van der Waals surface area contributed by atoms with E-state index in [1.807, 2.05) is 88.4 Å². The molecule has 250 valence electrons. The van der Waals surface area contributed by atoms with E-state index in [2.05, 4.69) is 21.3 Å².